The van der Waals surface area contributed by atoms with Crippen molar-refractivity contribution in [3.05, 3.63) is 29.3 Å². The molecule has 6 heteroatoms. The number of ether oxygens (including phenoxy) is 1. The quantitative estimate of drug-likeness (QED) is 0.375. The average molecular weight is 285 g/mol. The standard InChI is InChI=1S/C13H19NO4S/c1-10-5-6-13(12(9-10)11(2)14-15)18-7-4-8-19(3,16)17/h5-6,9,15H,4,7-8H2,1-3H3. The van der Waals surface area contributed by atoms with E-state index in [4.69, 9.17) is 9.94 Å². The molecule has 0 heterocycles. The molecule has 1 aromatic rings. The Bertz CT molecular complexity index is 564. The molecule has 0 unspecified atom stereocenters. The highest BCUT2D eigenvalue weighted by molar-refractivity contribution is 7.90. The van der Waals surface area contributed by atoms with Gasteiger partial charge in [0.2, 0.25) is 0 Å². The van der Waals surface area contributed by atoms with Crippen LogP contribution in [-0.2, 0) is 9.84 Å². The van der Waals surface area contributed by atoms with Crippen molar-refractivity contribution in [2.24, 2.45) is 5.16 Å². The Kier molecular flexibility index (Phi) is 5.35. The highest BCUT2D eigenvalue weighted by Crippen LogP contribution is 2.21. The lowest BCUT2D eigenvalue weighted by Crippen LogP contribution is -2.09. The van der Waals surface area contributed by atoms with Gasteiger partial charge in [-0.05, 0) is 32.4 Å². The number of nitrogens with zero attached hydrogens (tertiary/aromatic N) is 1. The van der Waals surface area contributed by atoms with E-state index in [9.17, 15) is 8.42 Å². The third kappa shape index (κ3) is 5.30. The van der Waals surface area contributed by atoms with Gasteiger partial charge in [0.25, 0.3) is 0 Å². The van der Waals surface area contributed by atoms with E-state index in [1.807, 2.05) is 19.1 Å². The normalized spacial score (nSPS) is 12.5. The molecule has 0 aliphatic heterocycles. The molecule has 106 valence electrons. The van der Waals surface area contributed by atoms with Crippen molar-refractivity contribution in [1.82, 2.24) is 0 Å². The van der Waals surface area contributed by atoms with Crippen LogP contribution in [0.25, 0.3) is 0 Å². The maximum atomic E-state index is 11.0. The lowest BCUT2D eigenvalue weighted by Gasteiger charge is -2.11. The highest BCUT2D eigenvalue weighted by atomic mass is 32.2. The van der Waals surface area contributed by atoms with Gasteiger partial charge in [0, 0.05) is 11.8 Å². The molecular weight excluding hydrogens is 266 g/mol. The van der Waals surface area contributed by atoms with Gasteiger partial charge in [-0.1, -0.05) is 16.8 Å². The second-order valence-electron chi connectivity index (χ2n) is 4.52. The molecule has 0 spiro atoms. The smallest absolute Gasteiger partial charge is 0.147 e. The summed E-state index contributed by atoms with van der Waals surface area (Å²) in [7, 11) is -2.96. The van der Waals surface area contributed by atoms with Crippen molar-refractivity contribution >= 4 is 15.5 Å². The predicted molar refractivity (Wildman–Crippen MR) is 75.0 cm³/mol. The minimum Gasteiger partial charge on any atom is -0.493 e. The van der Waals surface area contributed by atoms with Crippen LogP contribution in [0.5, 0.6) is 5.75 Å². The molecular formula is C13H19NO4S. The fourth-order valence-electron chi connectivity index (χ4n) is 1.61. The van der Waals surface area contributed by atoms with Crippen LogP contribution in [0.3, 0.4) is 0 Å². The molecule has 1 aromatic carbocycles. The summed E-state index contributed by atoms with van der Waals surface area (Å²) in [5.41, 5.74) is 2.20. The van der Waals surface area contributed by atoms with Gasteiger partial charge < -0.3 is 9.94 Å². The molecule has 0 bridgehead atoms. The molecule has 0 amide bonds. The Labute approximate surface area is 113 Å². The summed E-state index contributed by atoms with van der Waals surface area (Å²) in [6.45, 7) is 3.92. The van der Waals surface area contributed by atoms with Crippen molar-refractivity contribution in [1.29, 1.82) is 0 Å². The summed E-state index contributed by atoms with van der Waals surface area (Å²) in [5.74, 6) is 0.691. The topological polar surface area (TPSA) is 76.0 Å². The number of hydrogen-bond acceptors (Lipinski definition) is 5. The summed E-state index contributed by atoms with van der Waals surface area (Å²) < 4.78 is 27.6. The average Bonchev–Trinajstić information content (AvgIpc) is 2.33. The van der Waals surface area contributed by atoms with E-state index < -0.39 is 9.84 Å². The van der Waals surface area contributed by atoms with Crippen LogP contribution in [0.1, 0.15) is 24.5 Å². The van der Waals surface area contributed by atoms with Crippen LogP contribution < -0.4 is 4.74 Å². The van der Waals surface area contributed by atoms with Gasteiger partial charge in [-0.15, -0.1) is 0 Å². The third-order valence-electron chi connectivity index (χ3n) is 2.59. The Hall–Kier alpha value is -1.56. The van der Waals surface area contributed by atoms with E-state index in [0.29, 0.717) is 30.1 Å². The molecule has 19 heavy (non-hydrogen) atoms. The monoisotopic (exact) mass is 285 g/mol. The van der Waals surface area contributed by atoms with Crippen LogP contribution in [0, 0.1) is 6.92 Å². The summed E-state index contributed by atoms with van der Waals surface area (Å²) in [5, 5.41) is 12.0. The van der Waals surface area contributed by atoms with E-state index in [1.165, 1.54) is 6.26 Å². The molecule has 0 aliphatic carbocycles. The second-order valence-corrected chi connectivity index (χ2v) is 6.78. The maximum Gasteiger partial charge on any atom is 0.147 e. The minimum atomic E-state index is -2.96. The van der Waals surface area contributed by atoms with E-state index in [1.54, 1.807) is 13.0 Å². The summed E-state index contributed by atoms with van der Waals surface area (Å²) in [4.78, 5) is 0. The largest absolute Gasteiger partial charge is 0.493 e. The molecule has 0 saturated heterocycles. The first-order valence-electron chi connectivity index (χ1n) is 5.93. The number of benzene rings is 1. The molecule has 0 radical (unpaired) electrons. The van der Waals surface area contributed by atoms with Crippen molar-refractivity contribution in [2.45, 2.75) is 20.3 Å². The lowest BCUT2D eigenvalue weighted by molar-refractivity contribution is 0.312. The Morgan fingerprint density at radius 2 is 2.11 bits per heavy atom. The van der Waals surface area contributed by atoms with Gasteiger partial charge in [0.05, 0.1) is 18.1 Å². The van der Waals surface area contributed by atoms with Crippen molar-refractivity contribution in [3.63, 3.8) is 0 Å². The predicted octanol–water partition coefficient (Wildman–Crippen LogP) is 2.01. The van der Waals surface area contributed by atoms with Crippen LogP contribution in [0.15, 0.2) is 23.4 Å². The molecule has 1 N–H and O–H groups in total. The van der Waals surface area contributed by atoms with Crippen molar-refractivity contribution < 1.29 is 18.4 Å². The maximum absolute atomic E-state index is 11.0. The van der Waals surface area contributed by atoms with Gasteiger partial charge in [-0.3, -0.25) is 0 Å². The van der Waals surface area contributed by atoms with Gasteiger partial charge in [0.15, 0.2) is 0 Å². The Morgan fingerprint density at radius 3 is 2.68 bits per heavy atom. The van der Waals surface area contributed by atoms with E-state index in [0.717, 1.165) is 5.56 Å². The first-order valence-corrected chi connectivity index (χ1v) is 8.00. The van der Waals surface area contributed by atoms with E-state index in [2.05, 4.69) is 5.16 Å². The van der Waals surface area contributed by atoms with E-state index >= 15 is 0 Å². The number of rotatable bonds is 6. The molecule has 0 atom stereocenters. The van der Waals surface area contributed by atoms with Crippen molar-refractivity contribution in [3.8, 4) is 5.75 Å². The second kappa shape index (κ2) is 6.56. The molecule has 0 aliphatic rings. The number of oxime groups is 1. The van der Waals surface area contributed by atoms with Crippen LogP contribution in [0.2, 0.25) is 0 Å². The minimum absolute atomic E-state index is 0.0985. The highest BCUT2D eigenvalue weighted by Gasteiger charge is 2.08. The van der Waals surface area contributed by atoms with E-state index in [-0.39, 0.29) is 5.75 Å². The zero-order chi connectivity index (χ0) is 14.5. The molecule has 0 saturated carbocycles. The first-order chi connectivity index (χ1) is 8.83. The van der Waals surface area contributed by atoms with Gasteiger partial charge in [0.1, 0.15) is 15.6 Å². The zero-order valence-corrected chi connectivity index (χ0v) is 12.2. The fourth-order valence-corrected chi connectivity index (χ4v) is 2.25. The van der Waals surface area contributed by atoms with Gasteiger partial charge in [-0.25, -0.2) is 8.42 Å². The zero-order valence-electron chi connectivity index (χ0n) is 11.4. The first kappa shape index (κ1) is 15.5. The Balaban J connectivity index is 2.73. The third-order valence-corrected chi connectivity index (χ3v) is 3.62. The van der Waals surface area contributed by atoms with Crippen molar-refractivity contribution in [2.75, 3.05) is 18.6 Å². The van der Waals surface area contributed by atoms with Gasteiger partial charge in [-0.2, -0.15) is 0 Å². The molecule has 0 aromatic heterocycles. The lowest BCUT2D eigenvalue weighted by atomic mass is 10.1. The Morgan fingerprint density at radius 1 is 1.42 bits per heavy atom. The van der Waals surface area contributed by atoms with Crippen LogP contribution >= 0.6 is 0 Å². The summed E-state index contributed by atoms with van der Waals surface area (Å²) >= 11 is 0. The number of aryl methyl sites for hydroxylation is 1. The number of hydrogen-bond donors (Lipinski definition) is 1. The fraction of sp³-hybridized carbons (Fsp3) is 0.462. The number of sulfone groups is 1. The molecule has 1 rings (SSSR count). The molecule has 5 nitrogen and oxygen atoms in total. The summed E-state index contributed by atoms with van der Waals surface area (Å²) in [6.07, 6.45) is 1.63. The summed E-state index contributed by atoms with van der Waals surface area (Å²) in [6, 6.07) is 5.54. The SMILES string of the molecule is CC(=NO)c1cc(C)ccc1OCCCS(C)(=O)=O. The molecule has 0 fully saturated rings. The van der Waals surface area contributed by atoms with Crippen LogP contribution in [0.4, 0.5) is 0 Å². The van der Waals surface area contributed by atoms with Crippen LogP contribution in [-0.4, -0.2) is 38.0 Å². The van der Waals surface area contributed by atoms with Gasteiger partial charge >= 0.3 is 0 Å².